The average Bonchev–Trinajstić information content (AvgIpc) is 2.96. The van der Waals surface area contributed by atoms with Crippen molar-refractivity contribution >= 4 is 23.2 Å². The van der Waals surface area contributed by atoms with Crippen molar-refractivity contribution in [3.8, 4) is 0 Å². The Labute approximate surface area is 139 Å². The molecule has 10 heteroatoms. The largest absolute Gasteiger partial charge is 0.424 e. The Bertz CT molecular complexity index is 653. The van der Waals surface area contributed by atoms with Crippen LogP contribution in [0.15, 0.2) is 30.9 Å². The minimum Gasteiger partial charge on any atom is -0.315 e. The normalized spacial score (nSPS) is 12.6. The number of aryl methyl sites for hydroxylation is 1. The van der Waals surface area contributed by atoms with Gasteiger partial charge >= 0.3 is 12.0 Å². The number of aromatic nitrogens is 3. The van der Waals surface area contributed by atoms with E-state index in [-0.39, 0.29) is 18.0 Å². The first-order valence-electron chi connectivity index (χ1n) is 6.41. The van der Waals surface area contributed by atoms with Gasteiger partial charge in [0, 0.05) is 17.1 Å². The Kier molecular flexibility index (Phi) is 5.49. The van der Waals surface area contributed by atoms with Gasteiger partial charge in [-0.25, -0.2) is 4.98 Å². The molecule has 1 aromatic heterocycles. The summed E-state index contributed by atoms with van der Waals surface area (Å²) in [5.41, 5.74) is -1.05. The molecular weight excluding hydrogens is 361 g/mol. The lowest BCUT2D eigenvalue weighted by Crippen LogP contribution is -2.41. The molecule has 0 N–H and O–H groups in total. The first kappa shape index (κ1) is 18.0. The van der Waals surface area contributed by atoms with E-state index < -0.39 is 29.2 Å². The molecule has 1 aromatic carbocycles. The minimum absolute atomic E-state index is 0.0589. The average molecular weight is 372 g/mol. The maximum Gasteiger partial charge on any atom is 0.424 e. The van der Waals surface area contributed by atoms with Gasteiger partial charge in [-0.3, -0.25) is 4.68 Å². The van der Waals surface area contributed by atoms with Gasteiger partial charge in [0.05, 0.1) is 11.6 Å². The number of rotatable bonds is 7. The highest BCUT2D eigenvalue weighted by atomic mass is 35.5. The third kappa shape index (κ3) is 4.13. The fraction of sp³-hybridized carbons (Fsp3) is 0.385. The zero-order valence-corrected chi connectivity index (χ0v) is 13.0. The monoisotopic (exact) mass is 371 g/mol. The number of benzene rings is 1. The van der Waals surface area contributed by atoms with E-state index in [0.29, 0.717) is 0 Å². The summed E-state index contributed by atoms with van der Waals surface area (Å²) >= 11 is 11.1. The van der Waals surface area contributed by atoms with Crippen LogP contribution in [0.4, 0.5) is 17.6 Å². The molecule has 0 aliphatic rings. The zero-order valence-electron chi connectivity index (χ0n) is 11.5. The van der Waals surface area contributed by atoms with Gasteiger partial charge in [-0.1, -0.05) is 23.2 Å². The van der Waals surface area contributed by atoms with Gasteiger partial charge < -0.3 is 4.74 Å². The summed E-state index contributed by atoms with van der Waals surface area (Å²) in [6.45, 7) is -0.378. The smallest absolute Gasteiger partial charge is 0.315 e. The number of nitrogens with zero attached hydrogens (tertiary/aromatic N) is 3. The summed E-state index contributed by atoms with van der Waals surface area (Å²) in [4.78, 5) is 3.66. The van der Waals surface area contributed by atoms with Crippen molar-refractivity contribution < 1.29 is 22.3 Å². The van der Waals surface area contributed by atoms with E-state index in [2.05, 4.69) is 14.8 Å². The Hall–Kier alpha value is -1.38. The standard InChI is InChI=1S/C13H11Cl2F4N3O/c14-9-2-3-10(11(15)6-9)12(16,17)13(18,19)23-5-1-4-22-8-20-7-21-22/h2-3,6-8H,1,4-5H2. The van der Waals surface area contributed by atoms with E-state index in [1.165, 1.54) is 17.3 Å². The molecule has 2 aromatic rings. The molecule has 0 bridgehead atoms. The third-order valence-corrected chi connectivity index (χ3v) is 3.46. The van der Waals surface area contributed by atoms with Crippen LogP contribution in [-0.4, -0.2) is 27.5 Å². The van der Waals surface area contributed by atoms with E-state index in [4.69, 9.17) is 23.2 Å². The molecule has 0 unspecified atom stereocenters. The molecule has 4 nitrogen and oxygen atoms in total. The lowest BCUT2D eigenvalue weighted by Gasteiger charge is -2.27. The highest BCUT2D eigenvalue weighted by Gasteiger charge is 2.59. The maximum atomic E-state index is 14.0. The van der Waals surface area contributed by atoms with Gasteiger partial charge in [0.15, 0.2) is 0 Å². The zero-order chi connectivity index (χ0) is 17.1. The van der Waals surface area contributed by atoms with Crippen molar-refractivity contribution in [3.05, 3.63) is 46.5 Å². The lowest BCUT2D eigenvalue weighted by molar-refractivity contribution is -0.354. The number of alkyl halides is 4. The molecule has 0 amide bonds. The molecule has 0 radical (unpaired) electrons. The SMILES string of the molecule is FC(F)(OCCCn1cncn1)C(F)(F)c1ccc(Cl)cc1Cl. The van der Waals surface area contributed by atoms with Crippen LogP contribution in [0, 0.1) is 0 Å². The molecule has 126 valence electrons. The van der Waals surface area contributed by atoms with Crippen LogP contribution >= 0.6 is 23.2 Å². The summed E-state index contributed by atoms with van der Waals surface area (Å²) < 4.78 is 60.9. The topological polar surface area (TPSA) is 39.9 Å². The summed E-state index contributed by atoms with van der Waals surface area (Å²) in [6, 6.07) is 2.77. The van der Waals surface area contributed by atoms with Gasteiger partial charge in [-0.2, -0.15) is 22.7 Å². The summed E-state index contributed by atoms with van der Waals surface area (Å²) in [6.07, 6.45) is -2.01. The Morgan fingerprint density at radius 3 is 2.52 bits per heavy atom. The molecule has 2 rings (SSSR count). The van der Waals surface area contributed by atoms with Crippen LogP contribution in [0.1, 0.15) is 12.0 Å². The Morgan fingerprint density at radius 1 is 1.17 bits per heavy atom. The van der Waals surface area contributed by atoms with Crippen LogP contribution in [0.5, 0.6) is 0 Å². The highest BCUT2D eigenvalue weighted by molar-refractivity contribution is 6.35. The number of ether oxygens (including phenoxy) is 1. The van der Waals surface area contributed by atoms with E-state index in [0.717, 1.165) is 18.2 Å². The first-order valence-corrected chi connectivity index (χ1v) is 7.17. The molecule has 0 saturated heterocycles. The fourth-order valence-corrected chi connectivity index (χ4v) is 2.29. The molecule has 0 spiro atoms. The van der Waals surface area contributed by atoms with Crippen molar-refractivity contribution in [2.24, 2.45) is 0 Å². The van der Waals surface area contributed by atoms with Gasteiger partial charge in [0.2, 0.25) is 0 Å². The second-order valence-electron chi connectivity index (χ2n) is 4.58. The second-order valence-corrected chi connectivity index (χ2v) is 5.42. The molecule has 0 saturated carbocycles. The fourth-order valence-electron chi connectivity index (χ4n) is 1.77. The van der Waals surface area contributed by atoms with E-state index >= 15 is 0 Å². The molecular formula is C13H11Cl2F4N3O. The molecule has 0 aliphatic heterocycles. The van der Waals surface area contributed by atoms with Gasteiger partial charge in [-0.05, 0) is 24.6 Å². The highest BCUT2D eigenvalue weighted by Crippen LogP contribution is 2.46. The van der Waals surface area contributed by atoms with Crippen LogP contribution in [0.3, 0.4) is 0 Å². The minimum atomic E-state index is -4.72. The van der Waals surface area contributed by atoms with Crippen LogP contribution in [0.2, 0.25) is 10.0 Å². The predicted octanol–water partition coefficient (Wildman–Crippen LogP) is 4.38. The Balaban J connectivity index is 2.01. The van der Waals surface area contributed by atoms with E-state index in [1.807, 2.05) is 0 Å². The van der Waals surface area contributed by atoms with Gasteiger partial charge in [-0.15, -0.1) is 0 Å². The number of hydrogen-bond acceptors (Lipinski definition) is 3. The first-order chi connectivity index (χ1) is 10.7. The second kappa shape index (κ2) is 7.02. The Morgan fingerprint density at radius 2 is 1.91 bits per heavy atom. The lowest BCUT2D eigenvalue weighted by atomic mass is 10.1. The number of hydrogen-bond donors (Lipinski definition) is 0. The molecule has 0 atom stereocenters. The molecule has 23 heavy (non-hydrogen) atoms. The summed E-state index contributed by atoms with van der Waals surface area (Å²) in [7, 11) is 0. The maximum absolute atomic E-state index is 14.0. The van der Waals surface area contributed by atoms with Crippen molar-refractivity contribution in [1.29, 1.82) is 0 Å². The molecule has 0 fully saturated rings. The van der Waals surface area contributed by atoms with Crippen molar-refractivity contribution in [2.75, 3.05) is 6.61 Å². The number of halogens is 6. The summed E-state index contributed by atoms with van der Waals surface area (Å²) in [5, 5.41) is 3.25. The van der Waals surface area contributed by atoms with Gasteiger partial charge in [0.25, 0.3) is 0 Å². The van der Waals surface area contributed by atoms with Crippen LogP contribution in [-0.2, 0) is 17.2 Å². The van der Waals surface area contributed by atoms with Gasteiger partial charge in [0.1, 0.15) is 12.7 Å². The molecule has 0 aliphatic carbocycles. The van der Waals surface area contributed by atoms with Crippen LogP contribution < -0.4 is 0 Å². The van der Waals surface area contributed by atoms with Crippen molar-refractivity contribution in [2.45, 2.75) is 25.0 Å². The van der Waals surface area contributed by atoms with Crippen LogP contribution in [0.25, 0.3) is 0 Å². The molecule has 1 heterocycles. The van der Waals surface area contributed by atoms with E-state index in [1.54, 1.807) is 0 Å². The van der Waals surface area contributed by atoms with E-state index in [9.17, 15) is 17.6 Å². The predicted molar refractivity (Wildman–Crippen MR) is 75.9 cm³/mol. The summed E-state index contributed by atoms with van der Waals surface area (Å²) in [5.74, 6) is -4.60. The van der Waals surface area contributed by atoms with Crippen molar-refractivity contribution in [3.63, 3.8) is 0 Å². The third-order valence-electron chi connectivity index (χ3n) is 2.92. The van der Waals surface area contributed by atoms with Crippen molar-refractivity contribution in [1.82, 2.24) is 14.8 Å². The quantitative estimate of drug-likeness (QED) is 0.535.